The molecule has 21 heavy (non-hydrogen) atoms. The minimum atomic E-state index is 0.142. The van der Waals surface area contributed by atoms with E-state index in [1.54, 1.807) is 11.3 Å². The normalized spacial score (nSPS) is 27.9. The van der Waals surface area contributed by atoms with Gasteiger partial charge >= 0.3 is 0 Å². The van der Waals surface area contributed by atoms with E-state index in [2.05, 4.69) is 21.3 Å². The number of hydrogen-bond donors (Lipinski definition) is 1. The summed E-state index contributed by atoms with van der Waals surface area (Å²) in [5.74, 6) is 0.823. The van der Waals surface area contributed by atoms with Gasteiger partial charge in [0, 0.05) is 12.6 Å². The molecule has 3 aliphatic rings. The Balaban J connectivity index is 1.41. The minimum absolute atomic E-state index is 0.142. The lowest BCUT2D eigenvalue weighted by Gasteiger charge is -2.44. The lowest BCUT2D eigenvalue weighted by Crippen LogP contribution is -2.57. The zero-order valence-electron chi connectivity index (χ0n) is 11.9. The maximum atomic E-state index is 12.3. The first-order valence-corrected chi connectivity index (χ1v) is 8.50. The SMILES string of the molecule is O=C(Cc1ccc2scnc2c1)N[C@@H]1CN2CCC1CC2. The summed E-state index contributed by atoms with van der Waals surface area (Å²) in [5, 5.41) is 3.24. The molecule has 0 unspecified atom stereocenters. The lowest BCUT2D eigenvalue weighted by atomic mass is 9.84. The van der Waals surface area contributed by atoms with Crippen molar-refractivity contribution in [1.29, 1.82) is 0 Å². The molecule has 1 amide bonds. The second-order valence-corrected chi connectivity index (χ2v) is 7.03. The highest BCUT2D eigenvalue weighted by atomic mass is 32.1. The number of nitrogens with one attached hydrogen (secondary N) is 1. The number of rotatable bonds is 3. The summed E-state index contributed by atoms with van der Waals surface area (Å²) >= 11 is 1.63. The largest absolute Gasteiger partial charge is 0.352 e. The quantitative estimate of drug-likeness (QED) is 0.944. The lowest BCUT2D eigenvalue weighted by molar-refractivity contribution is -0.122. The standard InChI is InChI=1S/C16H19N3OS/c20-16(18-14-9-19-5-3-12(14)4-6-19)8-11-1-2-15-13(7-11)17-10-21-15/h1-2,7,10,12,14H,3-6,8-9H2,(H,18,20)/t14-/m1/s1. The van der Waals surface area contributed by atoms with Crippen LogP contribution in [0, 0.1) is 5.92 Å². The third-order valence-corrected chi connectivity index (χ3v) is 5.57. The zero-order chi connectivity index (χ0) is 14.2. The second-order valence-electron chi connectivity index (χ2n) is 6.14. The molecule has 1 atom stereocenters. The highest BCUT2D eigenvalue weighted by molar-refractivity contribution is 7.16. The van der Waals surface area contributed by atoms with E-state index in [9.17, 15) is 4.79 Å². The number of nitrogens with zero attached hydrogens (tertiary/aromatic N) is 2. The number of piperidine rings is 3. The molecule has 0 saturated carbocycles. The molecule has 1 aromatic carbocycles. The van der Waals surface area contributed by atoms with Crippen molar-refractivity contribution in [2.24, 2.45) is 5.92 Å². The predicted octanol–water partition coefficient (Wildman–Crippen LogP) is 2.05. The Morgan fingerprint density at radius 2 is 2.24 bits per heavy atom. The van der Waals surface area contributed by atoms with Gasteiger partial charge in [0.15, 0.2) is 0 Å². The van der Waals surface area contributed by atoms with Gasteiger partial charge in [0.2, 0.25) is 5.91 Å². The molecular formula is C16H19N3OS. The predicted molar refractivity (Wildman–Crippen MR) is 84.4 cm³/mol. The van der Waals surface area contributed by atoms with Crippen molar-refractivity contribution in [3.05, 3.63) is 29.3 Å². The van der Waals surface area contributed by atoms with Gasteiger partial charge in [-0.15, -0.1) is 11.3 Å². The maximum Gasteiger partial charge on any atom is 0.224 e. The number of thiazole rings is 1. The highest BCUT2D eigenvalue weighted by Gasteiger charge is 2.34. The van der Waals surface area contributed by atoms with E-state index in [-0.39, 0.29) is 5.91 Å². The fourth-order valence-electron chi connectivity index (χ4n) is 3.59. The van der Waals surface area contributed by atoms with Crippen molar-refractivity contribution in [2.75, 3.05) is 19.6 Å². The summed E-state index contributed by atoms with van der Waals surface area (Å²) in [6.07, 6.45) is 2.92. The highest BCUT2D eigenvalue weighted by Crippen LogP contribution is 2.27. The monoisotopic (exact) mass is 301 g/mol. The summed E-state index contributed by atoms with van der Waals surface area (Å²) in [5.41, 5.74) is 3.89. The van der Waals surface area contributed by atoms with E-state index in [1.807, 2.05) is 17.6 Å². The fourth-order valence-corrected chi connectivity index (χ4v) is 4.24. The Labute approximate surface area is 128 Å². The van der Waals surface area contributed by atoms with E-state index in [0.29, 0.717) is 18.4 Å². The molecule has 3 saturated heterocycles. The molecule has 1 aromatic heterocycles. The molecule has 0 spiro atoms. The van der Waals surface area contributed by atoms with Crippen molar-refractivity contribution in [1.82, 2.24) is 15.2 Å². The van der Waals surface area contributed by atoms with E-state index in [1.165, 1.54) is 30.6 Å². The van der Waals surface area contributed by atoms with Crippen LogP contribution in [0.5, 0.6) is 0 Å². The van der Waals surface area contributed by atoms with Crippen molar-refractivity contribution >= 4 is 27.5 Å². The molecule has 0 radical (unpaired) electrons. The number of hydrogen-bond acceptors (Lipinski definition) is 4. The maximum absolute atomic E-state index is 12.3. The molecule has 4 nitrogen and oxygen atoms in total. The van der Waals surface area contributed by atoms with Crippen LogP contribution in [0.4, 0.5) is 0 Å². The molecule has 2 aromatic rings. The molecule has 5 rings (SSSR count). The van der Waals surface area contributed by atoms with Crippen LogP contribution in [0.3, 0.4) is 0 Å². The zero-order valence-corrected chi connectivity index (χ0v) is 12.7. The number of aromatic nitrogens is 1. The summed E-state index contributed by atoms with van der Waals surface area (Å²) in [4.78, 5) is 19.1. The van der Waals surface area contributed by atoms with Crippen molar-refractivity contribution in [2.45, 2.75) is 25.3 Å². The topological polar surface area (TPSA) is 45.2 Å². The van der Waals surface area contributed by atoms with Crippen LogP contribution in [-0.2, 0) is 11.2 Å². The average molecular weight is 301 g/mol. The van der Waals surface area contributed by atoms with Gasteiger partial charge in [-0.3, -0.25) is 4.79 Å². The number of carbonyl (C=O) groups excluding carboxylic acids is 1. The first-order valence-electron chi connectivity index (χ1n) is 7.62. The Kier molecular flexibility index (Phi) is 3.39. The number of fused-ring (bicyclic) bond motifs is 4. The van der Waals surface area contributed by atoms with Crippen LogP contribution < -0.4 is 5.32 Å². The Morgan fingerprint density at radius 1 is 1.38 bits per heavy atom. The van der Waals surface area contributed by atoms with E-state index in [4.69, 9.17) is 0 Å². The Hall–Kier alpha value is -1.46. The molecular weight excluding hydrogens is 282 g/mol. The smallest absolute Gasteiger partial charge is 0.224 e. The summed E-state index contributed by atoms with van der Waals surface area (Å²) in [7, 11) is 0. The van der Waals surface area contributed by atoms with Crippen molar-refractivity contribution in [3.63, 3.8) is 0 Å². The van der Waals surface area contributed by atoms with Gasteiger partial charge in [0.05, 0.1) is 22.1 Å². The average Bonchev–Trinajstić information content (AvgIpc) is 2.96. The Morgan fingerprint density at radius 3 is 3.00 bits per heavy atom. The molecule has 3 aliphatic heterocycles. The molecule has 110 valence electrons. The summed E-state index contributed by atoms with van der Waals surface area (Å²) in [6.45, 7) is 3.44. The van der Waals surface area contributed by atoms with Crippen molar-refractivity contribution < 1.29 is 4.79 Å². The minimum Gasteiger partial charge on any atom is -0.352 e. The van der Waals surface area contributed by atoms with Crippen LogP contribution in [0.25, 0.3) is 10.2 Å². The van der Waals surface area contributed by atoms with Gasteiger partial charge in [-0.1, -0.05) is 6.07 Å². The fraction of sp³-hybridized carbons (Fsp3) is 0.500. The van der Waals surface area contributed by atoms with Gasteiger partial charge in [-0.25, -0.2) is 4.98 Å². The second kappa shape index (κ2) is 5.39. The first-order chi connectivity index (χ1) is 10.3. The number of benzene rings is 1. The molecule has 2 bridgehead atoms. The number of amides is 1. The van der Waals surface area contributed by atoms with Crippen LogP contribution >= 0.6 is 11.3 Å². The van der Waals surface area contributed by atoms with Gasteiger partial charge in [-0.2, -0.15) is 0 Å². The number of carbonyl (C=O) groups is 1. The summed E-state index contributed by atoms with van der Waals surface area (Å²) in [6, 6.07) is 6.48. The molecule has 4 heterocycles. The molecule has 0 aliphatic carbocycles. The van der Waals surface area contributed by atoms with Gasteiger partial charge in [0.1, 0.15) is 0 Å². The molecule has 3 fully saturated rings. The first kappa shape index (κ1) is 13.2. The van der Waals surface area contributed by atoms with Crippen LogP contribution in [0.2, 0.25) is 0 Å². The van der Waals surface area contributed by atoms with Gasteiger partial charge in [0.25, 0.3) is 0 Å². The van der Waals surface area contributed by atoms with Gasteiger partial charge < -0.3 is 10.2 Å². The van der Waals surface area contributed by atoms with Crippen LogP contribution in [-0.4, -0.2) is 41.5 Å². The molecule has 5 heteroatoms. The third kappa shape index (κ3) is 2.68. The molecule has 1 N–H and O–H groups in total. The van der Waals surface area contributed by atoms with E-state index < -0.39 is 0 Å². The van der Waals surface area contributed by atoms with Crippen molar-refractivity contribution in [3.8, 4) is 0 Å². The Bertz CT molecular complexity index is 660. The van der Waals surface area contributed by atoms with E-state index in [0.717, 1.165) is 17.6 Å². The van der Waals surface area contributed by atoms with Gasteiger partial charge in [-0.05, 0) is 49.5 Å². The van der Waals surface area contributed by atoms with Crippen LogP contribution in [0.1, 0.15) is 18.4 Å². The van der Waals surface area contributed by atoms with E-state index >= 15 is 0 Å². The third-order valence-electron chi connectivity index (χ3n) is 4.76. The van der Waals surface area contributed by atoms with Crippen LogP contribution in [0.15, 0.2) is 23.7 Å². The summed E-state index contributed by atoms with van der Waals surface area (Å²) < 4.78 is 1.18.